The van der Waals surface area contributed by atoms with Gasteiger partial charge in [-0.3, -0.25) is 20.1 Å². The maximum Gasteiger partial charge on any atom is 0.271 e. The highest BCUT2D eigenvalue weighted by atomic mass is 32.2. The average molecular weight is 328 g/mol. The van der Waals surface area contributed by atoms with Crippen molar-refractivity contribution in [2.24, 2.45) is 15.8 Å². The number of nitrogens with one attached hydrogen (secondary N) is 2. The number of thioether (sulfide) groups is 1. The van der Waals surface area contributed by atoms with Crippen LogP contribution in [0, 0.1) is 0 Å². The van der Waals surface area contributed by atoms with E-state index in [1.165, 1.54) is 0 Å². The van der Waals surface area contributed by atoms with Crippen LogP contribution >= 0.6 is 11.8 Å². The van der Waals surface area contributed by atoms with E-state index < -0.39 is 5.91 Å². The van der Waals surface area contributed by atoms with E-state index in [2.05, 4.69) is 25.7 Å². The van der Waals surface area contributed by atoms with E-state index in [0.717, 1.165) is 23.0 Å². The van der Waals surface area contributed by atoms with Gasteiger partial charge in [-0.25, -0.2) is 4.99 Å². The van der Waals surface area contributed by atoms with Gasteiger partial charge in [0.1, 0.15) is 5.04 Å². The fourth-order valence-electron chi connectivity index (χ4n) is 1.90. The summed E-state index contributed by atoms with van der Waals surface area (Å²) in [6, 6.07) is 11.4. The fraction of sp³-hybridized carbons (Fsp3) is 0.0714. The Hall–Kier alpha value is -2.94. The van der Waals surface area contributed by atoms with Crippen molar-refractivity contribution >= 4 is 40.1 Å². The van der Waals surface area contributed by atoms with E-state index in [0.29, 0.717) is 5.82 Å². The minimum absolute atomic E-state index is 0.0925. The minimum Gasteiger partial charge on any atom is -0.364 e. The summed E-state index contributed by atoms with van der Waals surface area (Å²) in [6.45, 7) is 0. The van der Waals surface area contributed by atoms with Gasteiger partial charge in [0.05, 0.1) is 11.4 Å². The van der Waals surface area contributed by atoms with E-state index in [4.69, 9.17) is 5.73 Å². The molecule has 1 aromatic heterocycles. The number of aromatic nitrogens is 2. The highest BCUT2D eigenvalue weighted by Crippen LogP contribution is 2.19. The monoisotopic (exact) mass is 328 g/mol. The van der Waals surface area contributed by atoms with Crippen LogP contribution in [0.1, 0.15) is 0 Å². The molecule has 9 heteroatoms. The Balaban J connectivity index is 1.78. The highest BCUT2D eigenvalue weighted by Gasteiger charge is 2.23. The number of aromatic amines is 1. The number of benzene rings is 1. The van der Waals surface area contributed by atoms with Crippen LogP contribution in [0.5, 0.6) is 0 Å². The van der Waals surface area contributed by atoms with Crippen LogP contribution in [0.15, 0.2) is 46.5 Å². The lowest BCUT2D eigenvalue weighted by molar-refractivity contribution is -0.115. The Kier molecular flexibility index (Phi) is 4.20. The van der Waals surface area contributed by atoms with Crippen molar-refractivity contribution in [2.75, 3.05) is 11.2 Å². The van der Waals surface area contributed by atoms with E-state index in [1.54, 1.807) is 6.07 Å². The molecule has 1 aliphatic heterocycles. The van der Waals surface area contributed by atoms with Crippen LogP contribution in [0.25, 0.3) is 11.3 Å². The van der Waals surface area contributed by atoms with Gasteiger partial charge in [-0.05, 0) is 5.56 Å². The molecule has 8 nitrogen and oxygen atoms in total. The van der Waals surface area contributed by atoms with Crippen molar-refractivity contribution in [1.82, 2.24) is 10.2 Å². The SMILES string of the molecule is NC(=O)/C(=N/Nc1cc(-c2ccccc2)[nH]n1)C1=NC(=O)CS1. The molecule has 2 heterocycles. The number of carbonyl (C=O) groups excluding carboxylic acids is 2. The molecule has 4 N–H and O–H groups in total. The summed E-state index contributed by atoms with van der Waals surface area (Å²) in [6.07, 6.45) is 0. The van der Waals surface area contributed by atoms with Gasteiger partial charge in [0, 0.05) is 6.07 Å². The number of nitrogens with zero attached hydrogens (tertiary/aromatic N) is 3. The standard InChI is InChI=1S/C14H12N6O2S/c15-13(22)12(14-16-11(21)7-23-14)20-19-10-6-9(17-18-10)8-4-2-1-3-5-8/h1-6H,7H2,(H2,15,22)(H2,17,18,19)/b20-12-. The van der Waals surface area contributed by atoms with Gasteiger partial charge in [0.25, 0.3) is 11.8 Å². The molecule has 1 aromatic carbocycles. The van der Waals surface area contributed by atoms with Gasteiger partial charge in [0.2, 0.25) is 0 Å². The predicted molar refractivity (Wildman–Crippen MR) is 89.2 cm³/mol. The number of hydrogen-bond acceptors (Lipinski definition) is 6. The maximum absolute atomic E-state index is 11.5. The molecule has 0 radical (unpaired) electrons. The Labute approximate surface area is 135 Å². The topological polar surface area (TPSA) is 126 Å². The molecule has 0 atom stereocenters. The van der Waals surface area contributed by atoms with Crippen LogP contribution in [0.3, 0.4) is 0 Å². The summed E-state index contributed by atoms with van der Waals surface area (Å²) < 4.78 is 0. The largest absolute Gasteiger partial charge is 0.364 e. The van der Waals surface area contributed by atoms with Crippen molar-refractivity contribution in [3.05, 3.63) is 36.4 Å². The van der Waals surface area contributed by atoms with Crippen molar-refractivity contribution in [3.63, 3.8) is 0 Å². The molecule has 0 saturated carbocycles. The molecule has 23 heavy (non-hydrogen) atoms. The lowest BCUT2D eigenvalue weighted by Gasteiger charge is -2.00. The number of hydrazone groups is 1. The van der Waals surface area contributed by atoms with Crippen molar-refractivity contribution in [2.45, 2.75) is 0 Å². The van der Waals surface area contributed by atoms with E-state index in [-0.39, 0.29) is 22.4 Å². The number of nitrogens with two attached hydrogens (primary N) is 1. The zero-order chi connectivity index (χ0) is 16.2. The maximum atomic E-state index is 11.5. The summed E-state index contributed by atoms with van der Waals surface area (Å²) in [5, 5.41) is 11.1. The number of aliphatic imine (C=N–C) groups is 1. The number of amides is 2. The predicted octanol–water partition coefficient (Wildman–Crippen LogP) is 1.00. The molecule has 2 amide bonds. The number of anilines is 1. The van der Waals surface area contributed by atoms with Gasteiger partial charge < -0.3 is 5.73 Å². The van der Waals surface area contributed by atoms with Crippen LogP contribution in [-0.4, -0.2) is 38.5 Å². The number of carbonyl (C=O) groups is 2. The Morgan fingerprint density at radius 2 is 2.13 bits per heavy atom. The molecule has 0 aliphatic carbocycles. The normalized spacial score (nSPS) is 14.7. The second-order valence-electron chi connectivity index (χ2n) is 4.57. The molecule has 0 fully saturated rings. The average Bonchev–Trinajstić information content (AvgIpc) is 3.18. The first-order valence-electron chi connectivity index (χ1n) is 6.62. The number of hydrogen-bond donors (Lipinski definition) is 3. The first-order chi connectivity index (χ1) is 11.1. The second-order valence-corrected chi connectivity index (χ2v) is 5.53. The summed E-state index contributed by atoms with van der Waals surface area (Å²) in [4.78, 5) is 26.3. The molecule has 3 rings (SSSR count). The first kappa shape index (κ1) is 15.0. The Morgan fingerprint density at radius 3 is 2.78 bits per heavy atom. The van der Waals surface area contributed by atoms with Crippen LogP contribution in [0.2, 0.25) is 0 Å². The lowest BCUT2D eigenvalue weighted by atomic mass is 10.2. The Morgan fingerprint density at radius 1 is 1.35 bits per heavy atom. The lowest BCUT2D eigenvalue weighted by Crippen LogP contribution is -2.29. The van der Waals surface area contributed by atoms with E-state index in [9.17, 15) is 9.59 Å². The summed E-state index contributed by atoms with van der Waals surface area (Å²) in [5.74, 6) is -0.484. The van der Waals surface area contributed by atoms with Crippen molar-refractivity contribution in [1.29, 1.82) is 0 Å². The molecule has 1 aliphatic rings. The van der Waals surface area contributed by atoms with Gasteiger partial charge >= 0.3 is 0 Å². The molecule has 2 aromatic rings. The number of H-pyrrole nitrogens is 1. The van der Waals surface area contributed by atoms with Gasteiger partial charge in [0.15, 0.2) is 11.5 Å². The van der Waals surface area contributed by atoms with Gasteiger partial charge in [-0.15, -0.1) is 0 Å². The first-order valence-corrected chi connectivity index (χ1v) is 7.61. The molecule has 0 bridgehead atoms. The smallest absolute Gasteiger partial charge is 0.271 e. The van der Waals surface area contributed by atoms with Gasteiger partial charge in [-0.2, -0.15) is 10.2 Å². The number of primary amides is 1. The molecule has 0 saturated heterocycles. The van der Waals surface area contributed by atoms with Crippen LogP contribution < -0.4 is 11.2 Å². The number of rotatable bonds is 5. The zero-order valence-corrected chi connectivity index (χ0v) is 12.6. The third-order valence-corrected chi connectivity index (χ3v) is 3.89. The third kappa shape index (κ3) is 3.46. The second kappa shape index (κ2) is 6.44. The van der Waals surface area contributed by atoms with E-state index in [1.807, 2.05) is 30.3 Å². The van der Waals surface area contributed by atoms with Crippen LogP contribution in [0.4, 0.5) is 5.82 Å². The Bertz CT molecular complexity index is 812. The molecule has 0 spiro atoms. The molecule has 116 valence electrons. The van der Waals surface area contributed by atoms with E-state index >= 15 is 0 Å². The molecule has 0 unspecified atom stereocenters. The molecular formula is C14H12N6O2S. The molecular weight excluding hydrogens is 316 g/mol. The highest BCUT2D eigenvalue weighted by molar-refractivity contribution is 8.17. The fourth-order valence-corrected chi connectivity index (χ4v) is 2.67. The van der Waals surface area contributed by atoms with Crippen molar-refractivity contribution < 1.29 is 9.59 Å². The summed E-state index contributed by atoms with van der Waals surface area (Å²) in [5.41, 5.74) is 9.60. The summed E-state index contributed by atoms with van der Waals surface area (Å²) in [7, 11) is 0. The third-order valence-electron chi connectivity index (χ3n) is 2.94. The van der Waals surface area contributed by atoms with Gasteiger partial charge in [-0.1, -0.05) is 42.1 Å². The zero-order valence-electron chi connectivity index (χ0n) is 11.8. The quantitative estimate of drug-likeness (QED) is 0.557. The minimum atomic E-state index is -0.766. The van der Waals surface area contributed by atoms with Crippen LogP contribution in [-0.2, 0) is 9.59 Å². The van der Waals surface area contributed by atoms with Crippen molar-refractivity contribution in [3.8, 4) is 11.3 Å². The summed E-state index contributed by atoms with van der Waals surface area (Å²) >= 11 is 1.12.